The van der Waals surface area contributed by atoms with Gasteiger partial charge in [0.05, 0.1) is 0 Å². The molecule has 78 valence electrons. The highest BCUT2D eigenvalue weighted by atomic mass is 16.4. The Balaban J connectivity index is 1.74. The Labute approximate surface area is 84.2 Å². The van der Waals surface area contributed by atoms with Crippen molar-refractivity contribution in [3.63, 3.8) is 0 Å². The van der Waals surface area contributed by atoms with Crippen molar-refractivity contribution in [3.8, 4) is 0 Å². The highest BCUT2D eigenvalue weighted by Gasteiger charge is 2.22. The molecule has 1 amide bonds. The molecule has 3 nitrogen and oxygen atoms in total. The molecular formula is C11H17NO2. The second kappa shape index (κ2) is 4.03. The van der Waals surface area contributed by atoms with Crippen LogP contribution < -0.4 is 5.32 Å². The summed E-state index contributed by atoms with van der Waals surface area (Å²) in [5.41, 5.74) is 1.61. The summed E-state index contributed by atoms with van der Waals surface area (Å²) in [7, 11) is 0. The van der Waals surface area contributed by atoms with Gasteiger partial charge in [-0.15, -0.1) is 0 Å². The number of hydrogen-bond acceptors (Lipinski definition) is 1. The van der Waals surface area contributed by atoms with Gasteiger partial charge in [-0.05, 0) is 44.4 Å². The van der Waals surface area contributed by atoms with Crippen LogP contribution in [0.2, 0.25) is 0 Å². The van der Waals surface area contributed by atoms with E-state index in [1.165, 1.54) is 12.8 Å². The smallest absolute Gasteiger partial charge is 0.404 e. The second-order valence-corrected chi connectivity index (χ2v) is 4.39. The molecule has 0 bridgehead atoms. The van der Waals surface area contributed by atoms with Gasteiger partial charge in [-0.25, -0.2) is 4.79 Å². The number of carbonyl (C=O) groups is 1. The number of allylic oxidation sites excluding steroid dienone is 2. The molecule has 0 aromatic carbocycles. The SMILES string of the molecule is O=C(O)NC1CCC(C=C2CC2)CC1. The fourth-order valence-electron chi connectivity index (χ4n) is 2.18. The van der Waals surface area contributed by atoms with Crippen LogP contribution in [0, 0.1) is 5.92 Å². The fraction of sp³-hybridized carbons (Fsp3) is 0.727. The third-order valence-corrected chi connectivity index (χ3v) is 3.11. The molecule has 2 aliphatic carbocycles. The van der Waals surface area contributed by atoms with Gasteiger partial charge in [-0.3, -0.25) is 0 Å². The van der Waals surface area contributed by atoms with Crippen molar-refractivity contribution in [2.24, 2.45) is 5.92 Å². The molecule has 2 aliphatic rings. The number of carboxylic acid groups (broad SMARTS) is 1. The molecule has 0 spiro atoms. The van der Waals surface area contributed by atoms with Crippen LogP contribution in [0.4, 0.5) is 4.79 Å². The number of hydrogen-bond donors (Lipinski definition) is 2. The Morgan fingerprint density at radius 3 is 2.43 bits per heavy atom. The van der Waals surface area contributed by atoms with Gasteiger partial charge < -0.3 is 10.4 Å². The first kappa shape index (κ1) is 9.56. The van der Waals surface area contributed by atoms with E-state index in [0.717, 1.165) is 31.6 Å². The number of amides is 1. The Kier molecular flexibility index (Phi) is 2.75. The van der Waals surface area contributed by atoms with E-state index in [1.807, 2.05) is 0 Å². The maximum Gasteiger partial charge on any atom is 0.404 e. The van der Waals surface area contributed by atoms with Gasteiger partial charge >= 0.3 is 6.09 Å². The van der Waals surface area contributed by atoms with Crippen molar-refractivity contribution in [3.05, 3.63) is 11.6 Å². The molecule has 0 aromatic heterocycles. The van der Waals surface area contributed by atoms with E-state index in [1.54, 1.807) is 5.57 Å². The third kappa shape index (κ3) is 2.76. The van der Waals surface area contributed by atoms with E-state index in [4.69, 9.17) is 5.11 Å². The van der Waals surface area contributed by atoms with Gasteiger partial charge in [0.1, 0.15) is 0 Å². The summed E-state index contributed by atoms with van der Waals surface area (Å²) in [5.74, 6) is 0.722. The van der Waals surface area contributed by atoms with Crippen LogP contribution >= 0.6 is 0 Å². The molecule has 0 heterocycles. The van der Waals surface area contributed by atoms with E-state index in [-0.39, 0.29) is 6.04 Å². The summed E-state index contributed by atoms with van der Waals surface area (Å²) < 4.78 is 0. The fourth-order valence-corrected chi connectivity index (χ4v) is 2.18. The Bertz CT molecular complexity index is 246. The normalized spacial score (nSPS) is 31.0. The lowest BCUT2D eigenvalue weighted by molar-refractivity contribution is 0.184. The molecule has 0 unspecified atom stereocenters. The van der Waals surface area contributed by atoms with Crippen LogP contribution in [0.25, 0.3) is 0 Å². The average Bonchev–Trinajstić information content (AvgIpc) is 2.91. The molecule has 0 saturated heterocycles. The highest BCUT2D eigenvalue weighted by molar-refractivity contribution is 5.64. The second-order valence-electron chi connectivity index (χ2n) is 4.39. The van der Waals surface area contributed by atoms with Gasteiger partial charge in [0, 0.05) is 6.04 Å². The molecule has 0 radical (unpaired) electrons. The quantitative estimate of drug-likeness (QED) is 0.665. The molecule has 3 heteroatoms. The standard InChI is InChI=1S/C11H17NO2/c13-11(14)12-10-5-3-9(4-6-10)7-8-1-2-8/h7,9-10,12H,1-6H2,(H,13,14). The summed E-state index contributed by atoms with van der Waals surface area (Å²) in [6.45, 7) is 0. The maximum absolute atomic E-state index is 10.4. The highest BCUT2D eigenvalue weighted by Crippen LogP contribution is 2.33. The van der Waals surface area contributed by atoms with Gasteiger partial charge in [0.2, 0.25) is 0 Å². The summed E-state index contributed by atoms with van der Waals surface area (Å²) in [6.07, 6.45) is 8.43. The minimum absolute atomic E-state index is 0.196. The van der Waals surface area contributed by atoms with Gasteiger partial charge in [-0.1, -0.05) is 11.6 Å². The van der Waals surface area contributed by atoms with Gasteiger partial charge in [-0.2, -0.15) is 0 Å². The van der Waals surface area contributed by atoms with E-state index in [0.29, 0.717) is 0 Å². The zero-order valence-corrected chi connectivity index (χ0v) is 8.33. The topological polar surface area (TPSA) is 49.3 Å². The Hall–Kier alpha value is -0.990. The summed E-state index contributed by atoms with van der Waals surface area (Å²) >= 11 is 0. The van der Waals surface area contributed by atoms with Crippen LogP contribution in [0.1, 0.15) is 38.5 Å². The monoisotopic (exact) mass is 195 g/mol. The predicted octanol–water partition coefficient (Wildman–Crippen LogP) is 2.53. The van der Waals surface area contributed by atoms with E-state index >= 15 is 0 Å². The van der Waals surface area contributed by atoms with Crippen molar-refractivity contribution >= 4 is 6.09 Å². The molecule has 2 fully saturated rings. The van der Waals surface area contributed by atoms with E-state index < -0.39 is 6.09 Å². The largest absolute Gasteiger partial charge is 0.465 e. The van der Waals surface area contributed by atoms with Crippen molar-refractivity contribution in [1.29, 1.82) is 0 Å². The Morgan fingerprint density at radius 2 is 1.93 bits per heavy atom. The van der Waals surface area contributed by atoms with Crippen LogP contribution in [0.3, 0.4) is 0 Å². The van der Waals surface area contributed by atoms with E-state index in [9.17, 15) is 4.79 Å². The molecule has 2 N–H and O–H groups in total. The van der Waals surface area contributed by atoms with Crippen molar-refractivity contribution in [1.82, 2.24) is 5.32 Å². The predicted molar refractivity (Wildman–Crippen MR) is 54.2 cm³/mol. The van der Waals surface area contributed by atoms with Crippen LogP contribution in [0.5, 0.6) is 0 Å². The lowest BCUT2D eigenvalue weighted by atomic mass is 9.86. The molecular weight excluding hydrogens is 178 g/mol. The first-order valence-corrected chi connectivity index (χ1v) is 5.43. The minimum atomic E-state index is -0.881. The summed E-state index contributed by atoms with van der Waals surface area (Å²) in [5, 5.41) is 11.1. The van der Waals surface area contributed by atoms with Crippen LogP contribution in [-0.4, -0.2) is 17.2 Å². The van der Waals surface area contributed by atoms with Crippen molar-refractivity contribution in [2.75, 3.05) is 0 Å². The Morgan fingerprint density at radius 1 is 1.29 bits per heavy atom. The van der Waals surface area contributed by atoms with Crippen LogP contribution in [0.15, 0.2) is 11.6 Å². The molecule has 2 rings (SSSR count). The first-order chi connectivity index (χ1) is 6.74. The average molecular weight is 195 g/mol. The van der Waals surface area contributed by atoms with Gasteiger partial charge in [0.25, 0.3) is 0 Å². The van der Waals surface area contributed by atoms with Gasteiger partial charge in [0.15, 0.2) is 0 Å². The summed E-state index contributed by atoms with van der Waals surface area (Å²) in [6, 6.07) is 0.196. The minimum Gasteiger partial charge on any atom is -0.465 e. The maximum atomic E-state index is 10.4. The molecule has 14 heavy (non-hydrogen) atoms. The lowest BCUT2D eigenvalue weighted by Crippen LogP contribution is -2.36. The third-order valence-electron chi connectivity index (χ3n) is 3.11. The molecule has 2 saturated carbocycles. The molecule has 0 aliphatic heterocycles. The number of rotatable bonds is 2. The number of nitrogens with one attached hydrogen (secondary N) is 1. The van der Waals surface area contributed by atoms with E-state index in [2.05, 4.69) is 11.4 Å². The summed E-state index contributed by atoms with van der Waals surface area (Å²) in [4.78, 5) is 10.4. The van der Waals surface area contributed by atoms with Crippen molar-refractivity contribution in [2.45, 2.75) is 44.6 Å². The molecule has 0 atom stereocenters. The zero-order chi connectivity index (χ0) is 9.97. The van der Waals surface area contributed by atoms with Crippen LogP contribution in [-0.2, 0) is 0 Å². The van der Waals surface area contributed by atoms with Crippen molar-refractivity contribution < 1.29 is 9.90 Å². The lowest BCUT2D eigenvalue weighted by Gasteiger charge is -2.26. The molecule has 0 aromatic rings. The zero-order valence-electron chi connectivity index (χ0n) is 8.33. The first-order valence-electron chi connectivity index (χ1n) is 5.43.